The van der Waals surface area contributed by atoms with Gasteiger partial charge in [0.2, 0.25) is 0 Å². The number of hydrogen-bond donors (Lipinski definition) is 2. The smallest absolute Gasteiger partial charge is 0.271 e. The van der Waals surface area contributed by atoms with Gasteiger partial charge >= 0.3 is 0 Å². The molecule has 6 heteroatoms. The lowest BCUT2D eigenvalue weighted by molar-refractivity contribution is 0.0955. The molecule has 0 saturated carbocycles. The Morgan fingerprint density at radius 1 is 1.08 bits per heavy atom. The number of furan rings is 1. The third-order valence-corrected chi connectivity index (χ3v) is 3.41. The maximum absolute atomic E-state index is 11.9. The van der Waals surface area contributed by atoms with Crippen LogP contribution in [-0.2, 0) is 0 Å². The summed E-state index contributed by atoms with van der Waals surface area (Å²) in [6, 6.07) is 18.4. The number of benzene rings is 2. The van der Waals surface area contributed by atoms with Gasteiger partial charge in [-0.1, -0.05) is 0 Å². The number of carbonyl (C=O) groups is 1. The molecule has 3 aromatic rings. The molecule has 2 aromatic carbocycles. The predicted octanol–water partition coefficient (Wildman–Crippen LogP) is 3.29. The average Bonchev–Trinajstić information content (AvgIpc) is 3.11. The van der Waals surface area contributed by atoms with E-state index in [1.165, 1.54) is 30.5 Å². The second kappa shape index (κ2) is 7.15. The molecule has 0 radical (unpaired) electrons. The van der Waals surface area contributed by atoms with Crippen LogP contribution in [-0.4, -0.2) is 17.2 Å². The lowest BCUT2D eigenvalue weighted by atomic mass is 10.1. The van der Waals surface area contributed by atoms with Crippen LogP contribution in [0.2, 0.25) is 0 Å². The van der Waals surface area contributed by atoms with Gasteiger partial charge in [0.25, 0.3) is 5.91 Å². The van der Waals surface area contributed by atoms with Crippen molar-refractivity contribution in [2.24, 2.45) is 5.10 Å². The fourth-order valence-electron chi connectivity index (χ4n) is 2.12. The van der Waals surface area contributed by atoms with Crippen molar-refractivity contribution in [1.82, 2.24) is 5.43 Å². The highest BCUT2D eigenvalue weighted by Gasteiger charge is 2.05. The summed E-state index contributed by atoms with van der Waals surface area (Å²) in [5.41, 5.74) is 4.18. The number of amides is 1. The van der Waals surface area contributed by atoms with Gasteiger partial charge in [0.1, 0.15) is 17.3 Å². The standard InChI is InChI=1S/C19H13N3O3/c20-11-13-1-3-14(4-2-13)18-10-9-17(25-18)12-21-22-19(24)15-5-7-16(23)8-6-15/h1-10,12,23H,(H,22,24). The van der Waals surface area contributed by atoms with Crippen molar-refractivity contribution in [2.75, 3.05) is 0 Å². The Kier molecular flexibility index (Phi) is 4.58. The van der Waals surface area contributed by atoms with Gasteiger partial charge in [-0.3, -0.25) is 4.79 Å². The van der Waals surface area contributed by atoms with E-state index in [-0.39, 0.29) is 5.75 Å². The zero-order valence-corrected chi connectivity index (χ0v) is 13.0. The highest BCUT2D eigenvalue weighted by Crippen LogP contribution is 2.21. The SMILES string of the molecule is N#Cc1ccc(-c2ccc(C=NNC(=O)c3ccc(O)cc3)o2)cc1. The van der Waals surface area contributed by atoms with Gasteiger partial charge < -0.3 is 9.52 Å². The van der Waals surface area contributed by atoms with Crippen LogP contribution in [0.3, 0.4) is 0 Å². The normalized spacial score (nSPS) is 10.5. The molecule has 1 heterocycles. The fourth-order valence-corrected chi connectivity index (χ4v) is 2.12. The van der Waals surface area contributed by atoms with Crippen LogP contribution in [0, 0.1) is 11.3 Å². The van der Waals surface area contributed by atoms with E-state index in [1.54, 1.807) is 36.4 Å². The van der Waals surface area contributed by atoms with Crippen LogP contribution in [0.1, 0.15) is 21.7 Å². The summed E-state index contributed by atoms with van der Waals surface area (Å²) in [6.07, 6.45) is 1.39. The van der Waals surface area contributed by atoms with Crippen LogP contribution in [0.15, 0.2) is 70.2 Å². The molecule has 1 aromatic heterocycles. The molecule has 0 atom stereocenters. The van der Waals surface area contributed by atoms with E-state index in [2.05, 4.69) is 16.6 Å². The van der Waals surface area contributed by atoms with Crippen LogP contribution in [0.4, 0.5) is 0 Å². The topological polar surface area (TPSA) is 98.6 Å². The lowest BCUT2D eigenvalue weighted by Crippen LogP contribution is -2.17. The Morgan fingerprint density at radius 2 is 1.80 bits per heavy atom. The van der Waals surface area contributed by atoms with Gasteiger partial charge in [0.05, 0.1) is 17.8 Å². The molecule has 0 saturated heterocycles. The molecule has 2 N–H and O–H groups in total. The Hall–Kier alpha value is -3.85. The monoisotopic (exact) mass is 331 g/mol. The molecule has 25 heavy (non-hydrogen) atoms. The van der Waals surface area contributed by atoms with Crippen molar-refractivity contribution in [3.05, 3.63) is 77.6 Å². The third-order valence-electron chi connectivity index (χ3n) is 3.41. The first-order valence-corrected chi connectivity index (χ1v) is 7.38. The minimum atomic E-state index is -0.393. The number of phenols is 1. The first-order valence-electron chi connectivity index (χ1n) is 7.38. The van der Waals surface area contributed by atoms with Gasteiger partial charge in [0.15, 0.2) is 0 Å². The van der Waals surface area contributed by atoms with E-state index in [1.807, 2.05) is 0 Å². The number of carbonyl (C=O) groups excluding carboxylic acids is 1. The molecule has 0 fully saturated rings. The molecule has 1 amide bonds. The fraction of sp³-hybridized carbons (Fsp3) is 0. The quantitative estimate of drug-likeness (QED) is 0.566. The summed E-state index contributed by atoms with van der Waals surface area (Å²) >= 11 is 0. The predicted molar refractivity (Wildman–Crippen MR) is 92.0 cm³/mol. The Bertz CT molecular complexity index is 949. The number of nitrogens with zero attached hydrogens (tertiary/aromatic N) is 2. The summed E-state index contributed by atoms with van der Waals surface area (Å²) in [7, 11) is 0. The number of aromatic hydroxyl groups is 1. The van der Waals surface area contributed by atoms with Crippen molar-refractivity contribution in [3.8, 4) is 23.1 Å². The van der Waals surface area contributed by atoms with Crippen LogP contribution < -0.4 is 5.43 Å². The summed E-state index contributed by atoms with van der Waals surface area (Å²) < 4.78 is 5.63. The van der Waals surface area contributed by atoms with E-state index in [0.717, 1.165) is 5.56 Å². The molecular weight excluding hydrogens is 318 g/mol. The van der Waals surface area contributed by atoms with E-state index >= 15 is 0 Å². The van der Waals surface area contributed by atoms with Crippen molar-refractivity contribution in [3.63, 3.8) is 0 Å². The van der Waals surface area contributed by atoms with E-state index in [0.29, 0.717) is 22.6 Å². The summed E-state index contributed by atoms with van der Waals surface area (Å²) in [6.45, 7) is 0. The van der Waals surface area contributed by atoms with Crippen molar-refractivity contribution in [1.29, 1.82) is 5.26 Å². The van der Waals surface area contributed by atoms with Gasteiger partial charge in [-0.25, -0.2) is 5.43 Å². The molecule has 0 aliphatic carbocycles. The number of rotatable bonds is 4. The largest absolute Gasteiger partial charge is 0.508 e. The maximum atomic E-state index is 11.9. The van der Waals surface area contributed by atoms with Crippen molar-refractivity contribution >= 4 is 12.1 Å². The minimum Gasteiger partial charge on any atom is -0.508 e. The van der Waals surface area contributed by atoms with Crippen LogP contribution in [0.5, 0.6) is 5.75 Å². The van der Waals surface area contributed by atoms with Crippen LogP contribution in [0.25, 0.3) is 11.3 Å². The van der Waals surface area contributed by atoms with Gasteiger partial charge in [-0.05, 0) is 60.7 Å². The zero-order chi connectivity index (χ0) is 17.6. The summed E-state index contributed by atoms with van der Waals surface area (Å²) in [4.78, 5) is 11.9. The molecule has 0 aliphatic heterocycles. The van der Waals surface area contributed by atoms with Gasteiger partial charge in [-0.2, -0.15) is 10.4 Å². The first-order chi connectivity index (χ1) is 12.2. The highest BCUT2D eigenvalue weighted by atomic mass is 16.3. The van der Waals surface area contributed by atoms with E-state index in [9.17, 15) is 9.90 Å². The van der Waals surface area contributed by atoms with E-state index < -0.39 is 5.91 Å². The Balaban J connectivity index is 1.64. The first kappa shape index (κ1) is 16.0. The summed E-state index contributed by atoms with van der Waals surface area (Å²) in [5, 5.41) is 21.9. The Morgan fingerprint density at radius 3 is 2.48 bits per heavy atom. The number of hydrazone groups is 1. The van der Waals surface area contributed by atoms with Crippen molar-refractivity contribution < 1.29 is 14.3 Å². The molecule has 6 nitrogen and oxygen atoms in total. The average molecular weight is 331 g/mol. The zero-order valence-electron chi connectivity index (χ0n) is 13.0. The molecule has 0 bridgehead atoms. The maximum Gasteiger partial charge on any atom is 0.271 e. The second-order valence-corrected chi connectivity index (χ2v) is 5.14. The molecule has 3 rings (SSSR count). The number of nitriles is 1. The number of phenolic OH excluding ortho intramolecular Hbond substituents is 1. The number of hydrogen-bond acceptors (Lipinski definition) is 5. The number of nitrogens with one attached hydrogen (secondary N) is 1. The minimum absolute atomic E-state index is 0.0889. The highest BCUT2D eigenvalue weighted by molar-refractivity contribution is 5.94. The van der Waals surface area contributed by atoms with Crippen LogP contribution >= 0.6 is 0 Å². The van der Waals surface area contributed by atoms with Crippen molar-refractivity contribution in [2.45, 2.75) is 0 Å². The molecule has 0 spiro atoms. The third kappa shape index (κ3) is 3.92. The summed E-state index contributed by atoms with van der Waals surface area (Å²) in [5.74, 6) is 0.808. The molecule has 0 unspecified atom stereocenters. The van der Waals surface area contributed by atoms with E-state index in [4.69, 9.17) is 9.68 Å². The second-order valence-electron chi connectivity index (χ2n) is 5.14. The van der Waals surface area contributed by atoms with Gasteiger partial charge in [0, 0.05) is 11.1 Å². The molecule has 0 aliphatic rings. The lowest BCUT2D eigenvalue weighted by Gasteiger charge is -1.99. The van der Waals surface area contributed by atoms with Gasteiger partial charge in [-0.15, -0.1) is 0 Å². The Labute approximate surface area is 143 Å². The molecule has 122 valence electrons. The molecular formula is C19H13N3O3.